The number of aliphatic carboxylic acids is 1. The predicted molar refractivity (Wildman–Crippen MR) is 201 cm³/mol. The molecule has 288 valence electrons. The van der Waals surface area contributed by atoms with Gasteiger partial charge in [0.1, 0.15) is 25.1 Å². The summed E-state index contributed by atoms with van der Waals surface area (Å²) in [7, 11) is 0. The van der Waals surface area contributed by atoms with Gasteiger partial charge in [0.15, 0.2) is 0 Å². The van der Waals surface area contributed by atoms with Gasteiger partial charge in [0.2, 0.25) is 5.91 Å². The molecular formula is C43H56FNO8. The van der Waals surface area contributed by atoms with Crippen molar-refractivity contribution in [1.29, 1.82) is 0 Å². The van der Waals surface area contributed by atoms with E-state index in [-0.39, 0.29) is 50.0 Å². The summed E-state index contributed by atoms with van der Waals surface area (Å²) in [5, 5.41) is 20.0. The van der Waals surface area contributed by atoms with E-state index in [1.54, 1.807) is 6.07 Å². The summed E-state index contributed by atoms with van der Waals surface area (Å²) in [5.74, 6) is -2.99. The van der Waals surface area contributed by atoms with E-state index in [4.69, 9.17) is 14.6 Å². The van der Waals surface area contributed by atoms with Crippen molar-refractivity contribution in [3.63, 3.8) is 0 Å². The molecule has 10 heteroatoms. The lowest BCUT2D eigenvalue weighted by atomic mass is 9.57. The third-order valence-electron chi connectivity index (χ3n) is 10.3. The number of carbonyl (C=O) groups is 4. The van der Waals surface area contributed by atoms with Crippen LogP contribution in [0.15, 0.2) is 78.9 Å². The average molecular weight is 734 g/mol. The van der Waals surface area contributed by atoms with Gasteiger partial charge in [0, 0.05) is 18.5 Å². The van der Waals surface area contributed by atoms with Crippen LogP contribution in [0.5, 0.6) is 0 Å². The molecule has 3 rings (SSSR count). The lowest BCUT2D eigenvalue weighted by molar-refractivity contribution is -0.168. The Morgan fingerprint density at radius 3 is 2.02 bits per heavy atom. The molecule has 0 spiro atoms. The second-order valence-corrected chi connectivity index (χ2v) is 15.8. The molecular weight excluding hydrogens is 677 g/mol. The van der Waals surface area contributed by atoms with Gasteiger partial charge in [-0.2, -0.15) is 0 Å². The first-order chi connectivity index (χ1) is 24.9. The van der Waals surface area contributed by atoms with Crippen molar-refractivity contribution in [2.45, 2.75) is 106 Å². The molecule has 3 atom stereocenters. The summed E-state index contributed by atoms with van der Waals surface area (Å²) in [6.07, 6.45) is -0.621. The van der Waals surface area contributed by atoms with Crippen LogP contribution >= 0.6 is 0 Å². The molecule has 0 bridgehead atoms. The first-order valence-electron chi connectivity index (χ1n) is 18.2. The van der Waals surface area contributed by atoms with Crippen LogP contribution in [-0.4, -0.2) is 58.2 Å². The summed E-state index contributed by atoms with van der Waals surface area (Å²) in [5.41, 5.74) is 1.14. The molecule has 0 heterocycles. The number of hydrogen-bond donors (Lipinski definition) is 2. The lowest BCUT2D eigenvalue weighted by Gasteiger charge is -2.47. The largest absolute Gasteiger partial charge is 0.481 e. The van der Waals surface area contributed by atoms with Gasteiger partial charge < -0.3 is 24.6 Å². The van der Waals surface area contributed by atoms with E-state index in [1.165, 1.54) is 23.1 Å². The molecule has 0 aliphatic carbocycles. The number of hydrogen-bond acceptors (Lipinski definition) is 7. The fourth-order valence-electron chi connectivity index (χ4n) is 6.84. The molecule has 0 saturated heterocycles. The lowest BCUT2D eigenvalue weighted by Crippen LogP contribution is -2.47. The Kier molecular flexibility index (Phi) is 15.3. The molecule has 3 aromatic rings. The van der Waals surface area contributed by atoms with Gasteiger partial charge in [-0.05, 0) is 59.3 Å². The number of aliphatic hydroxyl groups excluding tert-OH is 1. The van der Waals surface area contributed by atoms with E-state index in [9.17, 15) is 28.7 Å². The number of carbonyl (C=O) groups excluding carboxylic acids is 3. The number of nitrogens with zero attached hydrogens (tertiary/aromatic N) is 1. The Balaban J connectivity index is 1.69. The second kappa shape index (κ2) is 19.0. The number of carboxylic acids is 1. The van der Waals surface area contributed by atoms with Gasteiger partial charge in [-0.25, -0.2) is 4.39 Å². The molecule has 2 N–H and O–H groups in total. The molecule has 0 saturated carbocycles. The van der Waals surface area contributed by atoms with E-state index >= 15 is 0 Å². The Morgan fingerprint density at radius 2 is 1.43 bits per heavy atom. The molecule has 0 aromatic heterocycles. The monoisotopic (exact) mass is 733 g/mol. The van der Waals surface area contributed by atoms with Gasteiger partial charge >= 0.3 is 17.9 Å². The van der Waals surface area contributed by atoms with E-state index in [2.05, 4.69) is 20.8 Å². The van der Waals surface area contributed by atoms with Crippen LogP contribution in [0.2, 0.25) is 0 Å². The van der Waals surface area contributed by atoms with Crippen molar-refractivity contribution in [3.05, 3.63) is 107 Å². The summed E-state index contributed by atoms with van der Waals surface area (Å²) in [4.78, 5) is 51.7. The van der Waals surface area contributed by atoms with Gasteiger partial charge in [0.25, 0.3) is 0 Å². The van der Waals surface area contributed by atoms with Crippen molar-refractivity contribution in [1.82, 2.24) is 4.90 Å². The fraction of sp³-hybridized carbons (Fsp3) is 0.488. The average Bonchev–Trinajstić information content (AvgIpc) is 3.09. The highest BCUT2D eigenvalue weighted by atomic mass is 19.1. The summed E-state index contributed by atoms with van der Waals surface area (Å²) in [6, 6.07) is 23.4. The van der Waals surface area contributed by atoms with E-state index < -0.39 is 59.0 Å². The summed E-state index contributed by atoms with van der Waals surface area (Å²) >= 11 is 0. The van der Waals surface area contributed by atoms with Gasteiger partial charge in [-0.3, -0.25) is 19.2 Å². The maximum atomic E-state index is 14.4. The Morgan fingerprint density at radius 1 is 0.811 bits per heavy atom. The van der Waals surface area contributed by atoms with Crippen molar-refractivity contribution < 1.29 is 43.3 Å². The molecule has 0 aliphatic heterocycles. The highest BCUT2D eigenvalue weighted by Crippen LogP contribution is 2.52. The van der Waals surface area contributed by atoms with Crippen molar-refractivity contribution in [2.24, 2.45) is 16.2 Å². The maximum Gasteiger partial charge on any atom is 0.312 e. The zero-order valence-corrected chi connectivity index (χ0v) is 32.2. The Hall–Kier alpha value is -4.57. The molecule has 1 amide bonds. The number of aliphatic hydroxyl groups is 1. The van der Waals surface area contributed by atoms with Crippen LogP contribution in [0.25, 0.3) is 0 Å². The molecule has 9 nitrogen and oxygen atoms in total. The topological polar surface area (TPSA) is 130 Å². The van der Waals surface area contributed by atoms with Crippen LogP contribution in [0.3, 0.4) is 0 Å². The minimum atomic E-state index is -1.30. The quantitative estimate of drug-likeness (QED) is 0.119. The van der Waals surface area contributed by atoms with E-state index in [1.807, 2.05) is 82.3 Å². The Labute approximate surface area is 313 Å². The first-order valence-corrected chi connectivity index (χ1v) is 18.2. The smallest absolute Gasteiger partial charge is 0.312 e. The molecule has 3 aromatic carbocycles. The predicted octanol–water partition coefficient (Wildman–Crippen LogP) is 7.87. The Bertz CT molecular complexity index is 1670. The normalized spacial score (nSPS) is 14.1. The van der Waals surface area contributed by atoms with Crippen LogP contribution in [-0.2, 0) is 48.2 Å². The first kappa shape index (κ1) is 42.8. The second-order valence-electron chi connectivity index (χ2n) is 15.8. The number of ether oxygens (including phenoxy) is 2. The number of rotatable bonds is 19. The molecule has 53 heavy (non-hydrogen) atoms. The zero-order valence-electron chi connectivity index (χ0n) is 32.2. The summed E-state index contributed by atoms with van der Waals surface area (Å²) in [6.45, 7) is 13.5. The van der Waals surface area contributed by atoms with Gasteiger partial charge in [-0.15, -0.1) is 0 Å². The third-order valence-corrected chi connectivity index (χ3v) is 10.3. The van der Waals surface area contributed by atoms with Crippen LogP contribution in [0.4, 0.5) is 4.39 Å². The minimum absolute atomic E-state index is 0.0606. The van der Waals surface area contributed by atoms with Crippen molar-refractivity contribution >= 4 is 23.8 Å². The number of amides is 1. The number of esters is 2. The highest BCUT2D eigenvalue weighted by molar-refractivity contribution is 5.81. The van der Waals surface area contributed by atoms with E-state index in [0.29, 0.717) is 6.42 Å². The molecule has 3 unspecified atom stereocenters. The third kappa shape index (κ3) is 12.5. The fourth-order valence-corrected chi connectivity index (χ4v) is 6.84. The molecule has 0 radical (unpaired) electrons. The van der Waals surface area contributed by atoms with Crippen LogP contribution < -0.4 is 0 Å². The van der Waals surface area contributed by atoms with Gasteiger partial charge in [0.05, 0.1) is 24.8 Å². The minimum Gasteiger partial charge on any atom is -0.481 e. The maximum absolute atomic E-state index is 14.4. The summed E-state index contributed by atoms with van der Waals surface area (Å²) < 4.78 is 25.7. The molecule has 0 fully saturated rings. The number of halogens is 1. The van der Waals surface area contributed by atoms with Gasteiger partial charge in [-0.1, -0.05) is 114 Å². The number of benzene rings is 3. The standard InChI is InChI=1S/C43H56FNO8/c1-8-35(32-20-18-30(19-21-32)24-39(50)52-27-31-14-10-9-11-15-31)42(5,6)29-43(7,41(2,3)4)40(51)53-28-34(46)26-45(37(47)22-23-38(48)49)25-33-16-12-13-17-36(33)44/h9-21,34-35,46H,8,22-29H2,1-7H3,(H,48,49). The zero-order chi connectivity index (χ0) is 39.4. The van der Waals surface area contributed by atoms with Crippen LogP contribution in [0, 0.1) is 22.1 Å². The van der Waals surface area contributed by atoms with Crippen molar-refractivity contribution in [3.8, 4) is 0 Å². The highest BCUT2D eigenvalue weighted by Gasteiger charge is 2.50. The molecule has 0 aliphatic rings. The van der Waals surface area contributed by atoms with Crippen LogP contribution in [0.1, 0.15) is 102 Å². The van der Waals surface area contributed by atoms with Crippen molar-refractivity contribution in [2.75, 3.05) is 13.2 Å². The SMILES string of the molecule is CCC(c1ccc(CC(=O)OCc2ccccc2)cc1)C(C)(C)CC(C)(C(=O)OCC(O)CN(Cc1ccccc1F)C(=O)CCC(=O)O)C(C)(C)C. The van der Waals surface area contributed by atoms with E-state index in [0.717, 1.165) is 23.1 Å². The number of carboxylic acid groups (broad SMARTS) is 1.